The van der Waals surface area contributed by atoms with Crippen molar-refractivity contribution in [1.82, 2.24) is 19.9 Å². The van der Waals surface area contributed by atoms with Crippen molar-refractivity contribution < 1.29 is 18.7 Å². The van der Waals surface area contributed by atoms with Gasteiger partial charge in [-0.25, -0.2) is 13.9 Å². The Morgan fingerprint density at radius 2 is 2.12 bits per heavy atom. The zero-order chi connectivity index (χ0) is 22.1. The Hall–Kier alpha value is -3.20. The predicted molar refractivity (Wildman–Crippen MR) is 117 cm³/mol. The quantitative estimate of drug-likeness (QED) is 0.543. The summed E-state index contributed by atoms with van der Waals surface area (Å²) in [5.74, 6) is 0.927. The third-order valence-corrected chi connectivity index (χ3v) is 5.93. The van der Waals surface area contributed by atoms with E-state index in [4.69, 9.17) is 14.5 Å². The molecule has 1 amide bonds. The Morgan fingerprint density at radius 3 is 2.94 bits per heavy atom. The molecule has 0 spiro atoms. The number of anilines is 1. The normalized spacial score (nSPS) is 18.3. The number of nitrogens with one attached hydrogen (secondary N) is 1. The fourth-order valence-corrected chi connectivity index (χ4v) is 4.18. The highest BCUT2D eigenvalue weighted by Gasteiger charge is 2.31. The molecule has 1 unspecified atom stereocenters. The maximum Gasteiger partial charge on any atom is 0.256 e. The lowest BCUT2D eigenvalue weighted by atomic mass is 10.0. The highest BCUT2D eigenvalue weighted by atomic mass is 19.1. The van der Waals surface area contributed by atoms with Crippen LogP contribution in [0.3, 0.4) is 0 Å². The number of rotatable bonds is 8. The second-order valence-electron chi connectivity index (χ2n) is 8.23. The molecule has 2 aromatic heterocycles. The van der Waals surface area contributed by atoms with E-state index in [9.17, 15) is 9.18 Å². The van der Waals surface area contributed by atoms with Crippen LogP contribution >= 0.6 is 0 Å². The molecule has 0 radical (unpaired) electrons. The summed E-state index contributed by atoms with van der Waals surface area (Å²) >= 11 is 0. The molecule has 3 heterocycles. The summed E-state index contributed by atoms with van der Waals surface area (Å²) in [6, 6.07) is 6.68. The van der Waals surface area contributed by atoms with E-state index in [1.54, 1.807) is 23.9 Å². The number of halogens is 1. The zero-order valence-electron chi connectivity index (χ0n) is 18.0. The fraction of sp³-hybridized carbons (Fsp3) is 0.435. The molecule has 3 aromatic rings. The number of carbonyl (C=O) groups excluding carboxylic acids is 1. The number of fused-ring (bicyclic) bond motifs is 1. The van der Waals surface area contributed by atoms with Gasteiger partial charge >= 0.3 is 0 Å². The van der Waals surface area contributed by atoms with Crippen molar-refractivity contribution in [2.45, 2.75) is 37.8 Å². The van der Waals surface area contributed by atoms with Gasteiger partial charge in [0.2, 0.25) is 0 Å². The second kappa shape index (κ2) is 8.74. The van der Waals surface area contributed by atoms with E-state index in [2.05, 4.69) is 15.3 Å². The number of benzene rings is 1. The van der Waals surface area contributed by atoms with Crippen LogP contribution in [-0.4, -0.2) is 53.4 Å². The summed E-state index contributed by atoms with van der Waals surface area (Å²) in [5.41, 5.74) is 1.77. The standard InChI is InChI=1S/C23H26FN5O3/c1-31-11-12-32-20-7-4-15(24)13-17(20)19-3-2-9-28(19)21-8-10-29-22(27-21)18(14-25-29)23(30)26-16-5-6-16/h4,7-8,10,13-14,16,19H,2-3,5-6,9,11-12H2,1H3,(H,26,30). The van der Waals surface area contributed by atoms with Gasteiger partial charge in [-0.2, -0.15) is 5.10 Å². The maximum absolute atomic E-state index is 14.2. The maximum atomic E-state index is 14.2. The van der Waals surface area contributed by atoms with Crippen LogP contribution in [0.1, 0.15) is 47.6 Å². The number of hydrogen-bond donors (Lipinski definition) is 1. The van der Waals surface area contributed by atoms with Gasteiger partial charge in [-0.1, -0.05) is 0 Å². The minimum atomic E-state index is -0.302. The van der Waals surface area contributed by atoms with Gasteiger partial charge < -0.3 is 19.7 Å². The van der Waals surface area contributed by atoms with Crippen molar-refractivity contribution >= 4 is 17.4 Å². The first-order valence-electron chi connectivity index (χ1n) is 11.0. The zero-order valence-corrected chi connectivity index (χ0v) is 18.0. The molecule has 1 atom stereocenters. The van der Waals surface area contributed by atoms with E-state index in [1.807, 2.05) is 12.3 Å². The average Bonchev–Trinajstić information content (AvgIpc) is 3.31. The number of aromatic nitrogens is 3. The van der Waals surface area contributed by atoms with Crippen LogP contribution in [0.5, 0.6) is 5.75 Å². The number of methoxy groups -OCH3 is 1. The third-order valence-electron chi connectivity index (χ3n) is 5.93. The van der Waals surface area contributed by atoms with Crippen LogP contribution in [-0.2, 0) is 4.74 Å². The number of amides is 1. The molecule has 1 N–H and O–H groups in total. The lowest BCUT2D eigenvalue weighted by Gasteiger charge is -2.27. The molecule has 32 heavy (non-hydrogen) atoms. The Kier molecular flexibility index (Phi) is 5.65. The van der Waals surface area contributed by atoms with Gasteiger partial charge in [-0.15, -0.1) is 0 Å². The molecule has 1 aliphatic carbocycles. The largest absolute Gasteiger partial charge is 0.491 e. The van der Waals surface area contributed by atoms with Crippen molar-refractivity contribution in [1.29, 1.82) is 0 Å². The number of carbonyl (C=O) groups is 1. The van der Waals surface area contributed by atoms with E-state index in [0.717, 1.165) is 43.6 Å². The molecule has 2 fully saturated rings. The van der Waals surface area contributed by atoms with Crippen LogP contribution < -0.4 is 15.0 Å². The Morgan fingerprint density at radius 1 is 1.25 bits per heavy atom. The SMILES string of the molecule is COCCOc1ccc(F)cc1C1CCCN1c1ccn2ncc(C(=O)NC3CC3)c2n1. The molecule has 1 saturated heterocycles. The lowest BCUT2D eigenvalue weighted by molar-refractivity contribution is 0.0952. The van der Waals surface area contributed by atoms with Gasteiger partial charge in [0.05, 0.1) is 18.8 Å². The number of nitrogens with zero attached hydrogens (tertiary/aromatic N) is 4. The predicted octanol–water partition coefficient (Wildman–Crippen LogP) is 3.13. The minimum absolute atomic E-state index is 0.0788. The van der Waals surface area contributed by atoms with Crippen LogP contribution in [0, 0.1) is 5.82 Å². The Balaban J connectivity index is 1.45. The molecule has 8 nitrogen and oxygen atoms in total. The summed E-state index contributed by atoms with van der Waals surface area (Å²) < 4.78 is 26.7. The summed E-state index contributed by atoms with van der Waals surface area (Å²) in [6.45, 7) is 1.62. The smallest absolute Gasteiger partial charge is 0.256 e. The van der Waals surface area contributed by atoms with Gasteiger partial charge in [-0.3, -0.25) is 4.79 Å². The van der Waals surface area contributed by atoms with Crippen molar-refractivity contribution in [3.05, 3.63) is 53.6 Å². The number of ether oxygens (including phenoxy) is 2. The Labute approximate surface area is 185 Å². The molecular weight excluding hydrogens is 413 g/mol. The van der Waals surface area contributed by atoms with Gasteiger partial charge in [-0.05, 0) is 49.9 Å². The van der Waals surface area contributed by atoms with Crippen LogP contribution in [0.2, 0.25) is 0 Å². The van der Waals surface area contributed by atoms with E-state index < -0.39 is 0 Å². The summed E-state index contributed by atoms with van der Waals surface area (Å²) in [6.07, 6.45) is 7.19. The molecule has 1 aliphatic heterocycles. The highest BCUT2D eigenvalue weighted by molar-refractivity contribution is 6.00. The summed E-state index contributed by atoms with van der Waals surface area (Å²) in [5, 5.41) is 7.27. The topological polar surface area (TPSA) is 81.0 Å². The number of hydrogen-bond acceptors (Lipinski definition) is 6. The first-order valence-corrected chi connectivity index (χ1v) is 11.0. The van der Waals surface area contributed by atoms with Gasteiger partial charge in [0, 0.05) is 31.5 Å². The minimum Gasteiger partial charge on any atom is -0.491 e. The summed E-state index contributed by atoms with van der Waals surface area (Å²) in [4.78, 5) is 19.5. The molecule has 1 saturated carbocycles. The van der Waals surface area contributed by atoms with Crippen molar-refractivity contribution in [2.24, 2.45) is 0 Å². The first kappa shape index (κ1) is 20.7. The molecule has 9 heteroatoms. The monoisotopic (exact) mass is 439 g/mol. The molecule has 5 rings (SSSR count). The fourth-order valence-electron chi connectivity index (χ4n) is 4.18. The molecule has 1 aromatic carbocycles. The van der Waals surface area contributed by atoms with E-state index >= 15 is 0 Å². The van der Waals surface area contributed by atoms with Crippen LogP contribution in [0.15, 0.2) is 36.7 Å². The third kappa shape index (κ3) is 4.12. The Bertz CT molecular complexity index is 1130. The highest BCUT2D eigenvalue weighted by Crippen LogP contribution is 2.40. The second-order valence-corrected chi connectivity index (χ2v) is 8.23. The van der Waals surface area contributed by atoms with Crippen LogP contribution in [0.4, 0.5) is 10.2 Å². The van der Waals surface area contributed by atoms with Crippen LogP contribution in [0.25, 0.3) is 5.65 Å². The van der Waals surface area contributed by atoms with Gasteiger partial charge in [0.15, 0.2) is 5.65 Å². The lowest BCUT2D eigenvalue weighted by Crippen LogP contribution is -2.26. The van der Waals surface area contributed by atoms with Crippen molar-refractivity contribution in [3.63, 3.8) is 0 Å². The first-order chi connectivity index (χ1) is 15.6. The molecule has 0 bridgehead atoms. The average molecular weight is 439 g/mol. The summed E-state index contributed by atoms with van der Waals surface area (Å²) in [7, 11) is 1.62. The van der Waals surface area contributed by atoms with E-state index in [1.165, 1.54) is 12.1 Å². The molecular formula is C23H26FN5O3. The van der Waals surface area contributed by atoms with Gasteiger partial charge in [0.25, 0.3) is 5.91 Å². The van der Waals surface area contributed by atoms with E-state index in [0.29, 0.717) is 30.2 Å². The van der Waals surface area contributed by atoms with Crippen molar-refractivity contribution in [2.75, 3.05) is 31.8 Å². The molecule has 2 aliphatic rings. The molecule has 168 valence electrons. The van der Waals surface area contributed by atoms with Crippen molar-refractivity contribution in [3.8, 4) is 5.75 Å². The van der Waals surface area contributed by atoms with Gasteiger partial charge in [0.1, 0.15) is 29.6 Å². The van der Waals surface area contributed by atoms with E-state index in [-0.39, 0.29) is 23.8 Å².